The van der Waals surface area contributed by atoms with E-state index in [1.165, 1.54) is 11.8 Å². The molecule has 1 rings (SSSR count). The normalized spacial score (nSPS) is 11.8. The van der Waals surface area contributed by atoms with Gasteiger partial charge in [0.15, 0.2) is 0 Å². The third kappa shape index (κ3) is 8.27. The maximum absolute atomic E-state index is 12.3. The first-order valence-corrected chi connectivity index (χ1v) is 10.5. The van der Waals surface area contributed by atoms with Crippen LogP contribution in [0.3, 0.4) is 0 Å². The Hall–Kier alpha value is -2.99. The van der Waals surface area contributed by atoms with Gasteiger partial charge in [0.05, 0.1) is 17.9 Å². The summed E-state index contributed by atoms with van der Waals surface area (Å²) in [6.07, 6.45) is 4.85. The average molecular weight is 420 g/mol. The number of nitrogens with one attached hydrogen (secondary N) is 2. The van der Waals surface area contributed by atoms with Crippen LogP contribution >= 0.6 is 11.8 Å². The lowest BCUT2D eigenvalue weighted by molar-refractivity contribution is -0.141. The average Bonchev–Trinajstić information content (AvgIpc) is 2.71. The van der Waals surface area contributed by atoms with Crippen molar-refractivity contribution in [3.8, 4) is 6.07 Å². The topological polar surface area (TPSA) is 129 Å². The summed E-state index contributed by atoms with van der Waals surface area (Å²) >= 11 is 1.46. The van der Waals surface area contributed by atoms with E-state index in [-0.39, 0.29) is 17.6 Å². The van der Waals surface area contributed by atoms with E-state index in [2.05, 4.69) is 10.6 Å². The number of nitriles is 1. The number of carbonyl (C=O) groups excluding carboxylic acids is 2. The molecule has 0 heterocycles. The number of unbranched alkanes of at least 4 members (excludes halogenated alkanes) is 1. The van der Waals surface area contributed by atoms with Gasteiger partial charge in [0.25, 0.3) is 5.91 Å². The summed E-state index contributed by atoms with van der Waals surface area (Å²) in [5.74, 6) is -1.94. The molecule has 0 aliphatic heterocycles. The zero-order valence-electron chi connectivity index (χ0n) is 16.4. The van der Waals surface area contributed by atoms with Gasteiger partial charge in [0.1, 0.15) is 17.7 Å². The molecule has 0 aliphatic carbocycles. The maximum atomic E-state index is 12.3. The molecule has 0 bridgehead atoms. The van der Waals surface area contributed by atoms with Crippen LogP contribution in [0.4, 0.5) is 5.69 Å². The van der Waals surface area contributed by atoms with E-state index in [0.717, 1.165) is 19.0 Å². The minimum Gasteiger partial charge on any atom is -0.480 e. The van der Waals surface area contributed by atoms with E-state index in [1.54, 1.807) is 30.3 Å². The van der Waals surface area contributed by atoms with Crippen molar-refractivity contribution >= 4 is 35.3 Å². The van der Waals surface area contributed by atoms with Gasteiger partial charge >= 0.3 is 11.9 Å². The molecule has 0 radical (unpaired) electrons. The first-order chi connectivity index (χ1) is 13.9. The van der Waals surface area contributed by atoms with Crippen LogP contribution in [0.2, 0.25) is 0 Å². The summed E-state index contributed by atoms with van der Waals surface area (Å²) in [4.78, 5) is 35.7. The van der Waals surface area contributed by atoms with Crippen molar-refractivity contribution in [2.75, 3.05) is 23.9 Å². The van der Waals surface area contributed by atoms with Crippen molar-refractivity contribution < 1.29 is 24.2 Å². The number of thioether (sulfide) groups is 1. The van der Waals surface area contributed by atoms with Gasteiger partial charge in [-0.3, -0.25) is 4.79 Å². The van der Waals surface area contributed by atoms with Gasteiger partial charge in [-0.25, -0.2) is 9.59 Å². The zero-order chi connectivity index (χ0) is 21.6. The number of nitrogens with zero attached hydrogens (tertiary/aromatic N) is 1. The van der Waals surface area contributed by atoms with Crippen LogP contribution in [0.5, 0.6) is 0 Å². The van der Waals surface area contributed by atoms with Crippen LogP contribution in [0.1, 0.15) is 36.5 Å². The first-order valence-electron chi connectivity index (χ1n) is 9.10. The zero-order valence-corrected chi connectivity index (χ0v) is 17.3. The van der Waals surface area contributed by atoms with Gasteiger partial charge in [0.2, 0.25) is 0 Å². The predicted octanol–water partition coefficient (Wildman–Crippen LogP) is 2.79. The van der Waals surface area contributed by atoms with Gasteiger partial charge in [-0.05, 0) is 37.0 Å². The van der Waals surface area contributed by atoms with Crippen LogP contribution in [0, 0.1) is 11.3 Å². The number of ether oxygens (including phenoxy) is 1. The molecule has 0 saturated carbocycles. The Labute approximate surface area is 174 Å². The maximum Gasteiger partial charge on any atom is 0.340 e. The fourth-order valence-corrected chi connectivity index (χ4v) is 2.67. The summed E-state index contributed by atoms with van der Waals surface area (Å²) in [6.45, 7) is 2.29. The second-order valence-corrected chi connectivity index (χ2v) is 6.98. The standard InChI is InChI=1S/C20H25N3O5S/c1-3-4-10-28-20(27)15-7-5-6-8-16(15)22-13-14(12-21)18(24)23-17(19(25)26)9-11-29-2/h5-8,13,17,22H,3-4,9-11H2,1-2H3,(H,23,24)(H,25,26)/b14-13-. The number of carboxylic acid groups (broad SMARTS) is 1. The van der Waals surface area contributed by atoms with Crippen molar-refractivity contribution in [3.63, 3.8) is 0 Å². The number of rotatable bonds is 12. The van der Waals surface area contributed by atoms with E-state index < -0.39 is 23.9 Å². The highest BCUT2D eigenvalue weighted by atomic mass is 32.2. The molecule has 0 fully saturated rings. The molecular formula is C20H25N3O5S. The molecule has 0 aliphatic rings. The molecule has 1 unspecified atom stereocenters. The molecule has 8 nitrogen and oxygen atoms in total. The Morgan fingerprint density at radius 2 is 2.07 bits per heavy atom. The van der Waals surface area contributed by atoms with Gasteiger partial charge < -0.3 is 20.5 Å². The number of benzene rings is 1. The molecule has 3 N–H and O–H groups in total. The molecule has 0 aromatic heterocycles. The molecule has 29 heavy (non-hydrogen) atoms. The SMILES string of the molecule is CCCCOC(=O)c1ccccc1N/C=C(/C#N)C(=O)NC(CCSC)C(=O)O. The van der Waals surface area contributed by atoms with Crippen molar-refractivity contribution in [2.24, 2.45) is 0 Å². The fourth-order valence-electron chi connectivity index (χ4n) is 2.20. The van der Waals surface area contributed by atoms with E-state index in [1.807, 2.05) is 13.2 Å². The summed E-state index contributed by atoms with van der Waals surface area (Å²) in [5, 5.41) is 23.6. The van der Waals surface area contributed by atoms with Crippen molar-refractivity contribution in [1.82, 2.24) is 5.32 Å². The quantitative estimate of drug-likeness (QED) is 0.204. The number of aliphatic carboxylic acids is 1. The van der Waals surface area contributed by atoms with Gasteiger partial charge in [-0.2, -0.15) is 17.0 Å². The number of amides is 1. The van der Waals surface area contributed by atoms with E-state index in [0.29, 0.717) is 18.0 Å². The number of hydrogen-bond acceptors (Lipinski definition) is 7. The van der Waals surface area contributed by atoms with Crippen LogP contribution in [0.25, 0.3) is 0 Å². The summed E-state index contributed by atoms with van der Waals surface area (Å²) in [7, 11) is 0. The second-order valence-electron chi connectivity index (χ2n) is 5.99. The Morgan fingerprint density at radius 1 is 1.34 bits per heavy atom. The molecule has 0 saturated heterocycles. The molecule has 1 aromatic carbocycles. The summed E-state index contributed by atoms with van der Waals surface area (Å²) < 4.78 is 5.20. The molecule has 0 spiro atoms. The third-order valence-electron chi connectivity index (χ3n) is 3.83. The first kappa shape index (κ1) is 24.0. The van der Waals surface area contributed by atoms with Gasteiger partial charge in [-0.1, -0.05) is 25.5 Å². The number of hydrogen-bond donors (Lipinski definition) is 3. The third-order valence-corrected chi connectivity index (χ3v) is 4.47. The highest BCUT2D eigenvalue weighted by Crippen LogP contribution is 2.17. The Balaban J connectivity index is 2.89. The van der Waals surface area contributed by atoms with Crippen LogP contribution in [-0.4, -0.2) is 47.6 Å². The molecule has 1 atom stereocenters. The Bertz CT molecular complexity index is 789. The van der Waals surface area contributed by atoms with E-state index in [4.69, 9.17) is 4.74 Å². The van der Waals surface area contributed by atoms with Crippen LogP contribution in [0.15, 0.2) is 36.0 Å². The van der Waals surface area contributed by atoms with Crippen LogP contribution < -0.4 is 10.6 Å². The number of para-hydroxylation sites is 1. The second kappa shape index (κ2) is 13.2. The van der Waals surface area contributed by atoms with Gasteiger partial charge in [-0.15, -0.1) is 0 Å². The fraction of sp³-hybridized carbons (Fsp3) is 0.400. The molecule has 1 amide bonds. The number of carboxylic acids is 1. The number of esters is 1. The monoisotopic (exact) mass is 419 g/mol. The van der Waals surface area contributed by atoms with E-state index >= 15 is 0 Å². The highest BCUT2D eigenvalue weighted by molar-refractivity contribution is 7.98. The lowest BCUT2D eigenvalue weighted by Crippen LogP contribution is -2.41. The lowest BCUT2D eigenvalue weighted by atomic mass is 10.1. The van der Waals surface area contributed by atoms with Crippen molar-refractivity contribution in [3.05, 3.63) is 41.6 Å². The molecular weight excluding hydrogens is 394 g/mol. The van der Waals surface area contributed by atoms with Crippen molar-refractivity contribution in [2.45, 2.75) is 32.2 Å². The number of carbonyl (C=O) groups is 3. The molecule has 156 valence electrons. The minimum atomic E-state index is -1.17. The molecule has 9 heteroatoms. The van der Waals surface area contributed by atoms with Crippen molar-refractivity contribution in [1.29, 1.82) is 5.26 Å². The smallest absolute Gasteiger partial charge is 0.340 e. The Morgan fingerprint density at radius 3 is 2.69 bits per heavy atom. The minimum absolute atomic E-state index is 0.237. The van der Waals surface area contributed by atoms with Crippen LogP contribution in [-0.2, 0) is 14.3 Å². The Kier molecular flexibility index (Phi) is 11.0. The predicted molar refractivity (Wildman–Crippen MR) is 112 cm³/mol. The van der Waals surface area contributed by atoms with Gasteiger partial charge in [0, 0.05) is 6.20 Å². The summed E-state index contributed by atoms with van der Waals surface area (Å²) in [5.41, 5.74) is 0.321. The number of anilines is 1. The largest absolute Gasteiger partial charge is 0.480 e. The lowest BCUT2D eigenvalue weighted by Gasteiger charge is -2.14. The molecule has 1 aromatic rings. The summed E-state index contributed by atoms with van der Waals surface area (Å²) in [6, 6.07) is 7.18. The van der Waals surface area contributed by atoms with E-state index in [9.17, 15) is 24.8 Å². The highest BCUT2D eigenvalue weighted by Gasteiger charge is 2.21.